The van der Waals surface area contributed by atoms with Crippen molar-refractivity contribution >= 4 is 95.8 Å². The number of hydrogen-bond donors (Lipinski definition) is 0. The van der Waals surface area contributed by atoms with Gasteiger partial charge in [-0.1, -0.05) is 71.3 Å². The van der Waals surface area contributed by atoms with E-state index in [0.717, 1.165) is 3.95 Å². The van der Waals surface area contributed by atoms with Crippen molar-refractivity contribution in [2.45, 2.75) is 8.68 Å². The van der Waals surface area contributed by atoms with E-state index in [0.29, 0.717) is 0 Å². The summed E-state index contributed by atoms with van der Waals surface area (Å²) in [5, 5.41) is 0. The molecule has 0 amide bonds. The molecule has 0 unspecified atom stereocenters. The monoisotopic (exact) mass is 605 g/mol. The molecule has 0 aliphatic carbocycles. The summed E-state index contributed by atoms with van der Waals surface area (Å²) in [6, 6.07) is 26.1. The van der Waals surface area contributed by atoms with Gasteiger partial charge in [-0.15, -0.1) is 11.3 Å². The average Bonchev–Trinajstić information content (AvgIpc) is 3.42. The predicted molar refractivity (Wildman–Crippen MR) is 132 cm³/mol. The van der Waals surface area contributed by atoms with Crippen LogP contribution in [0, 0.1) is 3.95 Å². The van der Waals surface area contributed by atoms with Crippen molar-refractivity contribution in [2.24, 2.45) is 0 Å². The van der Waals surface area contributed by atoms with Gasteiger partial charge in [0.1, 0.15) is 13.4 Å². The van der Waals surface area contributed by atoms with E-state index in [1.54, 1.807) is 11.3 Å². The molecule has 1 aliphatic heterocycles. The van der Waals surface area contributed by atoms with Gasteiger partial charge in [-0.05, 0) is 24.3 Å². The standard InChI is InChI=1S/C21H13BN3S5.HI/c26-19-23(13-7-1-4-10-16(13)27-19)22-24-14-8-2-5-11-17(14)28-20(24)30-21-25(22)15-9-3-6-12-18(15)29-21;/h1-12,22H;1H/q+1;/p-1. The number of hydrogen-bond acceptors (Lipinski definition) is 5. The van der Waals surface area contributed by atoms with Crippen LogP contribution >= 0.6 is 58.0 Å². The van der Waals surface area contributed by atoms with E-state index in [9.17, 15) is 0 Å². The Morgan fingerprint density at radius 1 is 0.677 bits per heavy atom. The Morgan fingerprint density at radius 2 is 1.19 bits per heavy atom. The van der Waals surface area contributed by atoms with Gasteiger partial charge in [-0.3, -0.25) is 0 Å². The molecule has 31 heavy (non-hydrogen) atoms. The van der Waals surface area contributed by atoms with Gasteiger partial charge < -0.3 is 37.4 Å². The lowest BCUT2D eigenvalue weighted by atomic mass is 9.90. The Kier molecular flexibility index (Phi) is 5.00. The third-order valence-corrected chi connectivity index (χ3v) is 10.9. The highest BCUT2D eigenvalue weighted by atomic mass is 127. The van der Waals surface area contributed by atoms with E-state index in [-0.39, 0.29) is 24.0 Å². The molecule has 0 spiro atoms. The van der Waals surface area contributed by atoms with Crippen molar-refractivity contribution < 1.29 is 32.9 Å². The first-order valence-electron chi connectivity index (χ1n) is 9.61. The molecule has 0 saturated carbocycles. The van der Waals surface area contributed by atoms with Crippen molar-refractivity contribution in [3.8, 4) is 0 Å². The topological polar surface area (TPSA) is 12.7 Å². The molecule has 0 atom stereocenters. The molecular weight excluding hydrogens is 592 g/mol. The molecule has 0 bridgehead atoms. The molecule has 152 valence electrons. The van der Waals surface area contributed by atoms with Gasteiger partial charge in [0, 0.05) is 17.6 Å². The molecular formula is C21H13BIN3S5. The maximum absolute atomic E-state index is 5.96. The normalized spacial score (nSPS) is 13.4. The van der Waals surface area contributed by atoms with Crippen LogP contribution in [0.1, 0.15) is 0 Å². The maximum atomic E-state index is 5.96. The fourth-order valence-corrected chi connectivity index (χ4v) is 10.1. The van der Waals surface area contributed by atoms with E-state index in [4.69, 9.17) is 12.2 Å². The van der Waals surface area contributed by atoms with Crippen LogP contribution < -0.4 is 32.9 Å². The lowest BCUT2D eigenvalue weighted by Crippen LogP contribution is -3.00. The molecule has 0 saturated heterocycles. The van der Waals surface area contributed by atoms with E-state index >= 15 is 0 Å². The van der Waals surface area contributed by atoms with Crippen molar-refractivity contribution in [1.82, 2.24) is 4.48 Å². The van der Waals surface area contributed by atoms with Crippen LogP contribution in [0.3, 0.4) is 0 Å². The Hall–Kier alpha value is -1.31. The smallest absolute Gasteiger partial charge is 0.651 e. The summed E-state index contributed by atoms with van der Waals surface area (Å²) in [4.78, 5) is 0. The number of para-hydroxylation sites is 3. The lowest BCUT2D eigenvalue weighted by molar-refractivity contribution is -0.689. The number of thiazole rings is 3. The Morgan fingerprint density at radius 3 is 1.81 bits per heavy atom. The highest BCUT2D eigenvalue weighted by Crippen LogP contribution is 2.39. The molecule has 3 aromatic heterocycles. The minimum atomic E-state index is -1.21. The van der Waals surface area contributed by atoms with Gasteiger partial charge in [0.25, 0.3) is 8.68 Å². The van der Waals surface area contributed by atoms with Crippen LogP contribution in [0.25, 0.3) is 30.6 Å². The molecule has 1 aliphatic rings. The highest BCUT2D eigenvalue weighted by Gasteiger charge is 2.45. The summed E-state index contributed by atoms with van der Waals surface area (Å²) in [5.41, 5.74) is 3.80. The van der Waals surface area contributed by atoms with Crippen molar-refractivity contribution in [3.05, 3.63) is 76.8 Å². The highest BCUT2D eigenvalue weighted by molar-refractivity contribution is 8.02. The first kappa shape index (κ1) is 20.3. The second-order valence-electron chi connectivity index (χ2n) is 7.32. The largest absolute Gasteiger partial charge is 1.00 e. The van der Waals surface area contributed by atoms with Crippen LogP contribution in [-0.4, -0.2) is 11.6 Å². The van der Waals surface area contributed by atoms with E-state index in [1.807, 2.05) is 34.4 Å². The Bertz CT molecular complexity index is 1600. The number of halogens is 1. The van der Waals surface area contributed by atoms with Gasteiger partial charge in [-0.2, -0.15) is 0 Å². The Labute approximate surface area is 216 Å². The van der Waals surface area contributed by atoms with Gasteiger partial charge >= 0.3 is 7.12 Å². The van der Waals surface area contributed by atoms with Crippen LogP contribution in [0.2, 0.25) is 0 Å². The summed E-state index contributed by atoms with van der Waals surface area (Å²) in [6.07, 6.45) is 0. The summed E-state index contributed by atoms with van der Waals surface area (Å²) in [6.45, 7) is 0. The van der Waals surface area contributed by atoms with Gasteiger partial charge in [-0.25, -0.2) is 0 Å². The van der Waals surface area contributed by atoms with Crippen LogP contribution in [0.4, 0.5) is 0 Å². The first-order chi connectivity index (χ1) is 14.8. The van der Waals surface area contributed by atoms with E-state index in [1.165, 1.54) is 39.3 Å². The quantitative estimate of drug-likeness (QED) is 0.162. The third kappa shape index (κ3) is 2.92. The fraction of sp³-hybridized carbons (Fsp3) is 0. The average molecular weight is 605 g/mol. The first-order valence-corrected chi connectivity index (χ1v) is 13.3. The maximum Gasteiger partial charge on any atom is 0.651 e. The minimum absolute atomic E-state index is 0. The number of aromatic nitrogens is 3. The van der Waals surface area contributed by atoms with Gasteiger partial charge in [0.2, 0.25) is 0 Å². The van der Waals surface area contributed by atoms with Gasteiger partial charge in [0.15, 0.2) is 11.0 Å². The van der Waals surface area contributed by atoms with Crippen molar-refractivity contribution in [2.75, 3.05) is 0 Å². The molecule has 10 heteroatoms. The summed E-state index contributed by atoms with van der Waals surface area (Å²) in [7, 11) is -1.21. The van der Waals surface area contributed by atoms with Crippen molar-refractivity contribution in [3.63, 3.8) is 0 Å². The molecule has 6 aromatic rings. The van der Waals surface area contributed by atoms with E-state index < -0.39 is 7.12 Å². The molecule has 0 fully saturated rings. The molecule has 0 N–H and O–H groups in total. The third-order valence-electron chi connectivity index (χ3n) is 5.74. The lowest BCUT2D eigenvalue weighted by Gasteiger charge is -2.21. The zero-order valence-corrected chi connectivity index (χ0v) is 22.1. The molecule has 4 heterocycles. The molecule has 3 aromatic carbocycles. The fourth-order valence-electron chi connectivity index (χ4n) is 4.50. The summed E-state index contributed by atoms with van der Waals surface area (Å²) >= 11 is 13.3. The van der Waals surface area contributed by atoms with Crippen LogP contribution in [0.5, 0.6) is 0 Å². The predicted octanol–water partition coefficient (Wildman–Crippen LogP) is 2.57. The second-order valence-corrected chi connectivity index (χ2v) is 12.5. The van der Waals surface area contributed by atoms with Crippen molar-refractivity contribution in [1.29, 1.82) is 0 Å². The zero-order chi connectivity index (χ0) is 19.8. The number of fused-ring (bicyclic) bond motifs is 7. The second kappa shape index (κ2) is 7.63. The van der Waals surface area contributed by atoms with Gasteiger partial charge in [0.05, 0.1) is 16.5 Å². The number of benzene rings is 3. The molecule has 3 nitrogen and oxygen atoms in total. The Balaban J connectivity index is 0.00000185. The number of rotatable bonds is 1. The summed E-state index contributed by atoms with van der Waals surface area (Å²) < 4.78 is 15.0. The number of nitrogens with zero attached hydrogens (tertiary/aromatic N) is 3. The minimum Gasteiger partial charge on any atom is -1.00 e. The molecule has 7 rings (SSSR count). The molecule has 0 radical (unpaired) electrons. The summed E-state index contributed by atoms with van der Waals surface area (Å²) in [5.74, 6) is 0. The van der Waals surface area contributed by atoms with Crippen LogP contribution in [-0.2, 0) is 0 Å². The SMILES string of the molecule is S=c1sc2ccccc2n1[BH-]1[n+]2c(sc3ccccc32)Sc2sc3ccccc3[n+]21.[I-]. The van der Waals surface area contributed by atoms with E-state index in [2.05, 4.69) is 86.2 Å². The zero-order valence-electron chi connectivity index (χ0n) is 15.9. The van der Waals surface area contributed by atoms with Crippen LogP contribution in [0.15, 0.2) is 81.5 Å².